The van der Waals surface area contributed by atoms with Crippen LogP contribution >= 0.6 is 27.5 Å². The first-order chi connectivity index (χ1) is 6.59. The molecule has 78 valence electrons. The van der Waals surface area contributed by atoms with Crippen LogP contribution in [0.5, 0.6) is 0 Å². The number of alkyl halides is 1. The van der Waals surface area contributed by atoms with Gasteiger partial charge < -0.3 is 5.32 Å². The Bertz CT molecular complexity index is 302. The minimum absolute atomic E-state index is 0.207. The normalized spacial score (nSPS) is 12.6. The quantitative estimate of drug-likeness (QED) is 0.851. The maximum Gasteiger partial charge on any atom is 0.126 e. The van der Waals surface area contributed by atoms with Crippen LogP contribution in [0.3, 0.4) is 0 Å². The number of nitrogens with one attached hydrogen (secondary N) is 1. The highest BCUT2D eigenvalue weighted by Gasteiger charge is 1.99. The van der Waals surface area contributed by atoms with Gasteiger partial charge in [0.15, 0.2) is 0 Å². The molecule has 0 saturated heterocycles. The lowest BCUT2D eigenvalue weighted by Crippen LogP contribution is -2.07. The Morgan fingerprint density at radius 2 is 2.29 bits per heavy atom. The van der Waals surface area contributed by atoms with Crippen LogP contribution in [-0.4, -0.2) is 16.9 Å². The lowest BCUT2D eigenvalue weighted by molar-refractivity contribution is 0.838. The fraction of sp³-hybridized carbons (Fsp3) is 0.500. The van der Waals surface area contributed by atoms with Gasteiger partial charge >= 0.3 is 0 Å². The summed E-state index contributed by atoms with van der Waals surface area (Å²) in [6.45, 7) is 4.82. The minimum Gasteiger partial charge on any atom is -0.370 e. The first-order valence-corrected chi connectivity index (χ1v) is 5.83. The van der Waals surface area contributed by atoms with Gasteiger partial charge in [0.1, 0.15) is 5.82 Å². The number of rotatable bonds is 4. The van der Waals surface area contributed by atoms with E-state index >= 15 is 0 Å². The Morgan fingerprint density at radius 3 is 2.86 bits per heavy atom. The number of halogens is 2. The smallest absolute Gasteiger partial charge is 0.126 e. The molecule has 1 rings (SSSR count). The number of nitrogens with zero attached hydrogens (tertiary/aromatic N) is 1. The molecule has 0 saturated carbocycles. The first kappa shape index (κ1) is 11.8. The van der Waals surface area contributed by atoms with Gasteiger partial charge in [-0.25, -0.2) is 4.98 Å². The molecule has 0 amide bonds. The SMILES string of the molecule is Cc1nc(NCCC(C)Cl)ccc1Br. The van der Waals surface area contributed by atoms with Crippen LogP contribution < -0.4 is 5.32 Å². The van der Waals surface area contributed by atoms with Gasteiger partial charge in [-0.3, -0.25) is 0 Å². The van der Waals surface area contributed by atoms with Crippen molar-refractivity contribution in [2.75, 3.05) is 11.9 Å². The monoisotopic (exact) mass is 276 g/mol. The Labute approximate surface area is 98.2 Å². The maximum atomic E-state index is 5.83. The molecule has 1 heterocycles. The van der Waals surface area contributed by atoms with Crippen molar-refractivity contribution in [2.24, 2.45) is 0 Å². The van der Waals surface area contributed by atoms with Crippen LogP contribution in [0.4, 0.5) is 5.82 Å². The number of anilines is 1. The fourth-order valence-electron chi connectivity index (χ4n) is 1.04. The van der Waals surface area contributed by atoms with E-state index in [-0.39, 0.29) is 5.38 Å². The number of aryl methyl sites for hydroxylation is 1. The molecule has 0 fully saturated rings. The largest absolute Gasteiger partial charge is 0.370 e. The van der Waals surface area contributed by atoms with Gasteiger partial charge in [-0.2, -0.15) is 0 Å². The van der Waals surface area contributed by atoms with Crippen molar-refractivity contribution in [3.05, 3.63) is 22.3 Å². The summed E-state index contributed by atoms with van der Waals surface area (Å²) in [6, 6.07) is 3.95. The van der Waals surface area contributed by atoms with E-state index in [9.17, 15) is 0 Å². The molecule has 1 aromatic heterocycles. The van der Waals surface area contributed by atoms with Crippen molar-refractivity contribution in [1.82, 2.24) is 4.98 Å². The second-order valence-electron chi connectivity index (χ2n) is 3.26. The zero-order valence-electron chi connectivity index (χ0n) is 8.35. The van der Waals surface area contributed by atoms with Crippen LogP contribution in [0.15, 0.2) is 16.6 Å². The predicted molar refractivity (Wildman–Crippen MR) is 65.1 cm³/mol. The van der Waals surface area contributed by atoms with Crippen molar-refractivity contribution in [3.8, 4) is 0 Å². The number of hydrogen-bond acceptors (Lipinski definition) is 2. The van der Waals surface area contributed by atoms with Gasteiger partial charge in [-0.05, 0) is 48.3 Å². The zero-order valence-corrected chi connectivity index (χ0v) is 10.7. The van der Waals surface area contributed by atoms with Crippen molar-refractivity contribution in [1.29, 1.82) is 0 Å². The summed E-state index contributed by atoms with van der Waals surface area (Å²) in [7, 11) is 0. The standard InChI is InChI=1S/C10H14BrClN2/c1-7(12)5-6-13-10-4-3-9(11)8(2)14-10/h3-4,7H,5-6H2,1-2H3,(H,13,14). The molecule has 1 N–H and O–H groups in total. The van der Waals surface area contributed by atoms with Gasteiger partial charge in [0, 0.05) is 16.4 Å². The predicted octanol–water partition coefficient (Wildman–Crippen LogP) is 3.58. The van der Waals surface area contributed by atoms with Crippen LogP contribution in [0.1, 0.15) is 19.0 Å². The van der Waals surface area contributed by atoms with E-state index < -0.39 is 0 Å². The molecule has 0 bridgehead atoms. The number of hydrogen-bond donors (Lipinski definition) is 1. The second-order valence-corrected chi connectivity index (χ2v) is 4.86. The first-order valence-electron chi connectivity index (χ1n) is 4.60. The Kier molecular flexibility index (Phi) is 4.69. The van der Waals surface area contributed by atoms with Gasteiger partial charge in [-0.15, -0.1) is 11.6 Å². The van der Waals surface area contributed by atoms with Crippen molar-refractivity contribution in [3.63, 3.8) is 0 Å². The molecule has 1 atom stereocenters. The number of pyridine rings is 1. The lowest BCUT2D eigenvalue weighted by atomic mass is 10.3. The van der Waals surface area contributed by atoms with Crippen LogP contribution in [-0.2, 0) is 0 Å². The molecule has 1 unspecified atom stereocenters. The lowest BCUT2D eigenvalue weighted by Gasteiger charge is -2.07. The van der Waals surface area contributed by atoms with Crippen LogP contribution in [0.2, 0.25) is 0 Å². The van der Waals surface area contributed by atoms with Crippen LogP contribution in [0, 0.1) is 6.92 Å². The average Bonchev–Trinajstić information content (AvgIpc) is 2.10. The molecule has 0 aliphatic heterocycles. The van der Waals surface area contributed by atoms with Gasteiger partial charge in [-0.1, -0.05) is 0 Å². The molecule has 1 aromatic rings. The third-order valence-electron chi connectivity index (χ3n) is 1.87. The molecule has 0 aromatic carbocycles. The highest BCUT2D eigenvalue weighted by atomic mass is 79.9. The molecule has 0 radical (unpaired) electrons. The summed E-state index contributed by atoms with van der Waals surface area (Å²) < 4.78 is 1.04. The Hall–Kier alpha value is -0.280. The molecule has 2 nitrogen and oxygen atoms in total. The molecular formula is C10H14BrClN2. The molecule has 0 aliphatic rings. The molecule has 0 spiro atoms. The molecule has 0 aliphatic carbocycles. The van der Waals surface area contributed by atoms with E-state index in [1.165, 1.54) is 0 Å². The summed E-state index contributed by atoms with van der Waals surface area (Å²) in [5.74, 6) is 0.906. The fourth-order valence-corrected chi connectivity index (χ4v) is 1.37. The third-order valence-corrected chi connectivity index (χ3v) is 2.93. The van der Waals surface area contributed by atoms with Gasteiger partial charge in [0.2, 0.25) is 0 Å². The number of aromatic nitrogens is 1. The highest BCUT2D eigenvalue weighted by molar-refractivity contribution is 9.10. The second kappa shape index (κ2) is 5.56. The zero-order chi connectivity index (χ0) is 10.6. The van der Waals surface area contributed by atoms with E-state index in [0.717, 1.165) is 29.0 Å². The molecular weight excluding hydrogens is 263 g/mol. The Balaban J connectivity index is 2.47. The maximum absolute atomic E-state index is 5.83. The summed E-state index contributed by atoms with van der Waals surface area (Å²) in [4.78, 5) is 4.37. The van der Waals surface area contributed by atoms with E-state index in [4.69, 9.17) is 11.6 Å². The summed E-state index contributed by atoms with van der Waals surface area (Å²) in [5, 5.41) is 3.44. The van der Waals surface area contributed by atoms with E-state index in [1.54, 1.807) is 0 Å². The van der Waals surface area contributed by atoms with Crippen molar-refractivity contribution >= 4 is 33.3 Å². The van der Waals surface area contributed by atoms with Gasteiger partial charge in [0.25, 0.3) is 0 Å². The van der Waals surface area contributed by atoms with E-state index in [0.29, 0.717) is 0 Å². The molecule has 4 heteroatoms. The van der Waals surface area contributed by atoms with Crippen LogP contribution in [0.25, 0.3) is 0 Å². The third kappa shape index (κ3) is 3.84. The topological polar surface area (TPSA) is 24.9 Å². The van der Waals surface area contributed by atoms with Crippen molar-refractivity contribution < 1.29 is 0 Å². The van der Waals surface area contributed by atoms with E-state index in [2.05, 4.69) is 26.2 Å². The van der Waals surface area contributed by atoms with Crippen molar-refractivity contribution in [2.45, 2.75) is 25.6 Å². The van der Waals surface area contributed by atoms with E-state index in [1.807, 2.05) is 26.0 Å². The van der Waals surface area contributed by atoms with Gasteiger partial charge in [0.05, 0.1) is 5.69 Å². The summed E-state index contributed by atoms with van der Waals surface area (Å²) in [6.07, 6.45) is 0.943. The summed E-state index contributed by atoms with van der Waals surface area (Å²) in [5.41, 5.74) is 0.994. The molecule has 14 heavy (non-hydrogen) atoms. The highest BCUT2D eigenvalue weighted by Crippen LogP contribution is 2.16. The average molecular weight is 278 g/mol. The Morgan fingerprint density at radius 1 is 1.57 bits per heavy atom. The minimum atomic E-state index is 0.207. The summed E-state index contributed by atoms with van der Waals surface area (Å²) >= 11 is 9.24.